The lowest BCUT2D eigenvalue weighted by Crippen LogP contribution is -2.48. The lowest BCUT2D eigenvalue weighted by molar-refractivity contribution is -0.121. The Balaban J connectivity index is 2.21. The van der Waals surface area contributed by atoms with Crippen LogP contribution in [0.15, 0.2) is 9.70 Å². The van der Waals surface area contributed by atoms with E-state index in [0.29, 0.717) is 27.9 Å². The zero-order chi connectivity index (χ0) is 23.4. The van der Waals surface area contributed by atoms with Crippen molar-refractivity contribution in [3.05, 3.63) is 31.9 Å². The summed E-state index contributed by atoms with van der Waals surface area (Å²) in [7, 11) is 0. The molecule has 2 fully saturated rings. The fourth-order valence-electron chi connectivity index (χ4n) is 4.19. The predicted molar refractivity (Wildman–Crippen MR) is 135 cm³/mol. The number of nitrogens with zero attached hydrogens (tertiary/aromatic N) is 5. The number of unbranched alkanes of at least 4 members (excludes halogenated alkanes) is 1. The number of thioether (sulfide) groups is 1. The topological polar surface area (TPSA) is 72.6 Å². The van der Waals surface area contributed by atoms with Crippen LogP contribution >= 0.6 is 24.0 Å². The van der Waals surface area contributed by atoms with E-state index in [9.17, 15) is 14.9 Å². The van der Waals surface area contributed by atoms with Crippen LogP contribution in [0.3, 0.4) is 0 Å². The molecule has 0 spiro atoms. The third-order valence-corrected chi connectivity index (χ3v) is 7.54. The number of rotatable bonds is 7. The maximum absolute atomic E-state index is 13.3. The van der Waals surface area contributed by atoms with Gasteiger partial charge in [-0.1, -0.05) is 44.2 Å². The molecule has 3 heterocycles. The molecular formula is C23H31N5O2S2. The number of hydrogen-bond acceptors (Lipinski definition) is 7. The Morgan fingerprint density at radius 2 is 1.81 bits per heavy atom. The highest BCUT2D eigenvalue weighted by atomic mass is 32.2. The van der Waals surface area contributed by atoms with Gasteiger partial charge in [0, 0.05) is 44.8 Å². The molecule has 7 nitrogen and oxygen atoms in total. The van der Waals surface area contributed by atoms with Crippen LogP contribution in [0.4, 0.5) is 5.82 Å². The number of piperazine rings is 1. The van der Waals surface area contributed by atoms with Crippen LogP contribution in [-0.4, -0.2) is 63.9 Å². The van der Waals surface area contributed by atoms with Gasteiger partial charge in [0.05, 0.1) is 4.91 Å². The SMILES string of the molecule is CCCCn1c(N2CCN(CC)CC2)c(/C=C2\SC(=S)N(CC)C2=O)c(C)c(C#N)c1=O. The Hall–Kier alpha value is -2.15. The molecule has 2 aliphatic rings. The molecule has 1 aromatic heterocycles. The molecule has 2 saturated heterocycles. The number of hydrogen-bond donors (Lipinski definition) is 0. The molecule has 1 amide bonds. The van der Waals surface area contributed by atoms with E-state index in [4.69, 9.17) is 12.2 Å². The van der Waals surface area contributed by atoms with Crippen molar-refractivity contribution in [2.24, 2.45) is 0 Å². The standard InChI is InChI=1S/C23H31N5O2S2/c1-5-8-9-28-20(26-12-10-25(6-2)11-13-26)17(16(4)18(15-24)21(28)29)14-19-22(30)27(7-3)23(31)32-19/h14H,5-13H2,1-4H3/b19-14-. The molecule has 9 heteroatoms. The molecular weight excluding hydrogens is 442 g/mol. The first-order chi connectivity index (χ1) is 15.4. The molecule has 0 aromatic carbocycles. The summed E-state index contributed by atoms with van der Waals surface area (Å²) < 4.78 is 2.29. The van der Waals surface area contributed by atoms with Crippen LogP contribution in [0.5, 0.6) is 0 Å². The molecule has 172 valence electrons. The van der Waals surface area contributed by atoms with Crippen LogP contribution < -0.4 is 10.5 Å². The lowest BCUT2D eigenvalue weighted by Gasteiger charge is -2.37. The van der Waals surface area contributed by atoms with Gasteiger partial charge in [-0.3, -0.25) is 19.1 Å². The Morgan fingerprint density at radius 1 is 1.12 bits per heavy atom. The van der Waals surface area contributed by atoms with Crippen molar-refractivity contribution in [2.75, 3.05) is 44.2 Å². The molecule has 2 aliphatic heterocycles. The number of anilines is 1. The Morgan fingerprint density at radius 3 is 2.34 bits per heavy atom. The third kappa shape index (κ3) is 4.63. The first-order valence-corrected chi connectivity index (χ1v) is 12.5. The second-order valence-electron chi connectivity index (χ2n) is 8.01. The molecule has 0 aliphatic carbocycles. The highest BCUT2D eigenvalue weighted by Gasteiger charge is 2.32. The molecule has 0 bridgehead atoms. The minimum absolute atomic E-state index is 0.117. The highest BCUT2D eigenvalue weighted by Crippen LogP contribution is 2.36. The first-order valence-electron chi connectivity index (χ1n) is 11.3. The van der Waals surface area contributed by atoms with E-state index in [1.165, 1.54) is 11.8 Å². The first kappa shape index (κ1) is 24.5. The maximum atomic E-state index is 13.3. The molecule has 0 saturated carbocycles. The largest absolute Gasteiger partial charge is 0.355 e. The number of aromatic nitrogens is 1. The number of amides is 1. The van der Waals surface area contributed by atoms with Gasteiger partial charge in [0.2, 0.25) is 0 Å². The normalized spacial score (nSPS) is 18.7. The highest BCUT2D eigenvalue weighted by molar-refractivity contribution is 8.26. The molecule has 0 unspecified atom stereocenters. The molecule has 32 heavy (non-hydrogen) atoms. The summed E-state index contributed by atoms with van der Waals surface area (Å²) in [5.41, 5.74) is 1.30. The zero-order valence-corrected chi connectivity index (χ0v) is 20.9. The van der Waals surface area contributed by atoms with Gasteiger partial charge in [-0.25, -0.2) is 0 Å². The van der Waals surface area contributed by atoms with Crippen molar-refractivity contribution < 1.29 is 4.79 Å². The van der Waals surface area contributed by atoms with Crippen molar-refractivity contribution in [3.63, 3.8) is 0 Å². The third-order valence-electron chi connectivity index (χ3n) is 6.17. The van der Waals surface area contributed by atoms with Gasteiger partial charge in [-0.15, -0.1) is 0 Å². The number of carbonyl (C=O) groups excluding carboxylic acids is 1. The second kappa shape index (κ2) is 10.6. The van der Waals surface area contributed by atoms with Crippen LogP contribution in [0.25, 0.3) is 6.08 Å². The van der Waals surface area contributed by atoms with Crippen LogP contribution in [0.1, 0.15) is 50.3 Å². The summed E-state index contributed by atoms with van der Waals surface area (Å²) in [6.07, 6.45) is 3.62. The summed E-state index contributed by atoms with van der Waals surface area (Å²) in [6, 6.07) is 2.11. The van der Waals surface area contributed by atoms with Crippen molar-refractivity contribution in [1.82, 2.24) is 14.4 Å². The number of pyridine rings is 1. The van der Waals surface area contributed by atoms with Crippen molar-refractivity contribution in [1.29, 1.82) is 5.26 Å². The van der Waals surface area contributed by atoms with Crippen LogP contribution in [0, 0.1) is 18.3 Å². The minimum Gasteiger partial charge on any atom is -0.355 e. The maximum Gasteiger partial charge on any atom is 0.270 e. The van der Waals surface area contributed by atoms with Crippen LogP contribution in [0.2, 0.25) is 0 Å². The molecule has 3 rings (SSSR count). The molecule has 0 atom stereocenters. The van der Waals surface area contributed by atoms with Gasteiger partial charge >= 0.3 is 0 Å². The predicted octanol–water partition coefficient (Wildman–Crippen LogP) is 3.19. The summed E-state index contributed by atoms with van der Waals surface area (Å²) in [5, 5.41) is 9.77. The molecule has 0 radical (unpaired) electrons. The van der Waals surface area contributed by atoms with E-state index in [1.54, 1.807) is 9.47 Å². The fraction of sp³-hybridized carbons (Fsp3) is 0.565. The smallest absolute Gasteiger partial charge is 0.270 e. The number of carbonyl (C=O) groups is 1. The number of nitriles is 1. The number of likely N-dealkylation sites (N-methyl/N-ethyl adjacent to an activating group) is 2. The summed E-state index contributed by atoms with van der Waals surface area (Å²) in [5.74, 6) is 0.700. The van der Waals surface area contributed by atoms with E-state index in [-0.39, 0.29) is 17.0 Å². The van der Waals surface area contributed by atoms with Gasteiger partial charge in [-0.2, -0.15) is 5.26 Å². The summed E-state index contributed by atoms with van der Waals surface area (Å²) >= 11 is 6.67. The summed E-state index contributed by atoms with van der Waals surface area (Å²) in [4.78, 5) is 32.9. The summed E-state index contributed by atoms with van der Waals surface area (Å²) in [6.45, 7) is 13.4. The monoisotopic (exact) mass is 473 g/mol. The molecule has 1 aromatic rings. The van der Waals surface area contributed by atoms with Crippen molar-refractivity contribution in [3.8, 4) is 6.07 Å². The molecule has 0 N–H and O–H groups in total. The van der Waals surface area contributed by atoms with E-state index >= 15 is 0 Å². The Kier molecular flexibility index (Phi) is 8.15. The number of thiocarbonyl (C=S) groups is 1. The van der Waals surface area contributed by atoms with E-state index in [0.717, 1.165) is 56.9 Å². The second-order valence-corrected chi connectivity index (χ2v) is 9.68. The van der Waals surface area contributed by atoms with Gasteiger partial charge in [-0.05, 0) is 38.5 Å². The lowest BCUT2D eigenvalue weighted by atomic mass is 10.0. The van der Waals surface area contributed by atoms with Crippen molar-refractivity contribution in [2.45, 2.75) is 47.1 Å². The van der Waals surface area contributed by atoms with E-state index in [2.05, 4.69) is 29.7 Å². The quantitative estimate of drug-likeness (QED) is 0.445. The van der Waals surface area contributed by atoms with Gasteiger partial charge in [0.15, 0.2) is 0 Å². The zero-order valence-electron chi connectivity index (χ0n) is 19.3. The van der Waals surface area contributed by atoms with Crippen LogP contribution in [-0.2, 0) is 11.3 Å². The Labute approximate surface area is 199 Å². The van der Waals surface area contributed by atoms with E-state index < -0.39 is 0 Å². The average molecular weight is 474 g/mol. The van der Waals surface area contributed by atoms with Gasteiger partial charge in [0.25, 0.3) is 11.5 Å². The Bertz CT molecular complexity index is 1030. The van der Waals surface area contributed by atoms with Gasteiger partial charge < -0.3 is 9.80 Å². The average Bonchev–Trinajstić information content (AvgIpc) is 3.07. The minimum atomic E-state index is -0.246. The van der Waals surface area contributed by atoms with E-state index in [1.807, 2.05) is 19.9 Å². The fourth-order valence-corrected chi connectivity index (χ4v) is 5.55. The van der Waals surface area contributed by atoms with Gasteiger partial charge in [0.1, 0.15) is 21.8 Å². The van der Waals surface area contributed by atoms with Crippen molar-refractivity contribution >= 4 is 46.1 Å².